The van der Waals surface area contributed by atoms with Gasteiger partial charge in [-0.05, 0) is 30.9 Å². The van der Waals surface area contributed by atoms with Crippen LogP contribution in [0.1, 0.15) is 25.3 Å². The number of anilines is 1. The summed E-state index contributed by atoms with van der Waals surface area (Å²) in [6, 6.07) is 2.14. The second-order valence-electron chi connectivity index (χ2n) is 6.42. The van der Waals surface area contributed by atoms with Crippen molar-refractivity contribution in [1.82, 2.24) is 9.03 Å². The minimum absolute atomic E-state index is 0.0190. The predicted octanol–water partition coefficient (Wildman–Crippen LogP) is 2.59. The number of benzene rings is 1. The van der Waals surface area contributed by atoms with Gasteiger partial charge in [0.2, 0.25) is 0 Å². The van der Waals surface area contributed by atoms with E-state index in [-0.39, 0.29) is 24.7 Å². The van der Waals surface area contributed by atoms with Crippen LogP contribution in [0, 0.1) is 16.0 Å². The third kappa shape index (κ3) is 5.78. The molecule has 0 bridgehead atoms. The number of nitrogens with one attached hydrogen (secondary N) is 2. The summed E-state index contributed by atoms with van der Waals surface area (Å²) in [5.74, 6) is 0.267. The molecule has 0 saturated carbocycles. The van der Waals surface area contributed by atoms with Gasteiger partial charge in [0.15, 0.2) is 0 Å². The third-order valence-corrected chi connectivity index (χ3v) is 5.79. The van der Waals surface area contributed by atoms with Gasteiger partial charge in [0.1, 0.15) is 5.69 Å². The van der Waals surface area contributed by atoms with Crippen LogP contribution in [0.15, 0.2) is 18.2 Å². The molecule has 0 amide bonds. The second-order valence-corrected chi connectivity index (χ2v) is 8.17. The Morgan fingerprint density at radius 3 is 2.63 bits per heavy atom. The predicted molar refractivity (Wildman–Crippen MR) is 93.5 cm³/mol. The SMILES string of the molecule is C[C@H]1CCCN(S(=O)(=O)NCCNc2ccc(C(F)(F)F)cc2[N+](=O)[O-])C1. The lowest BCUT2D eigenvalue weighted by Gasteiger charge is -2.30. The molecule has 2 rings (SSSR count). The fourth-order valence-corrected chi connectivity index (χ4v) is 4.20. The fourth-order valence-electron chi connectivity index (χ4n) is 2.84. The summed E-state index contributed by atoms with van der Waals surface area (Å²) in [6.07, 6.45) is -2.95. The molecule has 27 heavy (non-hydrogen) atoms. The molecule has 0 radical (unpaired) electrons. The van der Waals surface area contributed by atoms with Crippen LogP contribution in [0.25, 0.3) is 0 Å². The van der Waals surface area contributed by atoms with Crippen LogP contribution < -0.4 is 10.0 Å². The molecule has 1 fully saturated rings. The van der Waals surface area contributed by atoms with Gasteiger partial charge in [-0.2, -0.15) is 25.9 Å². The summed E-state index contributed by atoms with van der Waals surface area (Å²) in [4.78, 5) is 10.1. The van der Waals surface area contributed by atoms with Crippen molar-refractivity contribution < 1.29 is 26.5 Å². The highest BCUT2D eigenvalue weighted by Crippen LogP contribution is 2.34. The number of nitrogens with zero attached hydrogens (tertiary/aromatic N) is 2. The minimum atomic E-state index is -4.69. The fraction of sp³-hybridized carbons (Fsp3) is 0.600. The molecule has 1 aromatic rings. The van der Waals surface area contributed by atoms with Crippen molar-refractivity contribution in [3.8, 4) is 0 Å². The maximum Gasteiger partial charge on any atom is 0.416 e. The van der Waals surface area contributed by atoms with Gasteiger partial charge in [0.25, 0.3) is 15.9 Å². The van der Waals surface area contributed by atoms with Crippen molar-refractivity contribution in [2.75, 3.05) is 31.5 Å². The lowest BCUT2D eigenvalue weighted by atomic mass is 10.0. The van der Waals surface area contributed by atoms with Crippen LogP contribution >= 0.6 is 0 Å². The van der Waals surface area contributed by atoms with Gasteiger partial charge < -0.3 is 5.32 Å². The van der Waals surface area contributed by atoms with Crippen LogP contribution in [0.5, 0.6) is 0 Å². The molecule has 1 aliphatic heterocycles. The number of nitro groups is 1. The van der Waals surface area contributed by atoms with Gasteiger partial charge in [0, 0.05) is 32.2 Å². The van der Waals surface area contributed by atoms with Crippen molar-refractivity contribution >= 4 is 21.6 Å². The number of piperidine rings is 1. The number of alkyl halides is 3. The number of rotatable bonds is 7. The zero-order valence-electron chi connectivity index (χ0n) is 14.6. The molecular formula is C15H21F3N4O4S. The van der Waals surface area contributed by atoms with Gasteiger partial charge in [-0.25, -0.2) is 4.72 Å². The normalized spacial score (nSPS) is 19.0. The molecule has 0 unspecified atom stereocenters. The van der Waals surface area contributed by atoms with E-state index >= 15 is 0 Å². The first-order valence-electron chi connectivity index (χ1n) is 8.35. The molecule has 0 spiro atoms. The molecule has 0 aromatic heterocycles. The first-order valence-corrected chi connectivity index (χ1v) is 9.79. The molecule has 1 saturated heterocycles. The molecule has 1 aliphatic rings. The average Bonchev–Trinajstić information content (AvgIpc) is 2.57. The maximum absolute atomic E-state index is 12.7. The topological polar surface area (TPSA) is 105 Å². The molecule has 1 atom stereocenters. The molecule has 0 aliphatic carbocycles. The molecule has 1 heterocycles. The van der Waals surface area contributed by atoms with Crippen molar-refractivity contribution in [3.05, 3.63) is 33.9 Å². The van der Waals surface area contributed by atoms with Gasteiger partial charge in [0.05, 0.1) is 10.5 Å². The summed E-state index contributed by atoms with van der Waals surface area (Å²) in [5.41, 5.74) is -1.96. The number of hydrogen-bond donors (Lipinski definition) is 2. The minimum Gasteiger partial charge on any atom is -0.378 e. The average molecular weight is 410 g/mol. The Hall–Kier alpha value is -1.92. The van der Waals surface area contributed by atoms with Crippen LogP contribution in [-0.2, 0) is 16.4 Å². The molecule has 12 heteroatoms. The Bertz CT molecular complexity index is 786. The van der Waals surface area contributed by atoms with E-state index in [9.17, 15) is 31.7 Å². The Morgan fingerprint density at radius 2 is 2.04 bits per heavy atom. The van der Waals surface area contributed by atoms with E-state index in [4.69, 9.17) is 0 Å². The maximum atomic E-state index is 12.7. The summed E-state index contributed by atoms with van der Waals surface area (Å²) in [6.45, 7) is 2.73. The highest BCUT2D eigenvalue weighted by molar-refractivity contribution is 7.87. The Kier molecular flexibility index (Phi) is 6.65. The van der Waals surface area contributed by atoms with Crippen molar-refractivity contribution in [2.24, 2.45) is 5.92 Å². The van der Waals surface area contributed by atoms with E-state index < -0.39 is 32.6 Å². The lowest BCUT2D eigenvalue weighted by Crippen LogP contribution is -2.46. The first-order chi connectivity index (χ1) is 12.5. The highest BCUT2D eigenvalue weighted by Gasteiger charge is 2.33. The Morgan fingerprint density at radius 1 is 1.33 bits per heavy atom. The summed E-state index contributed by atoms with van der Waals surface area (Å²) in [5, 5.41) is 13.6. The number of nitro benzene ring substituents is 1. The summed E-state index contributed by atoms with van der Waals surface area (Å²) in [7, 11) is -3.66. The zero-order valence-corrected chi connectivity index (χ0v) is 15.4. The molecule has 1 aromatic carbocycles. The molecule has 152 valence electrons. The number of halogens is 3. The van der Waals surface area contributed by atoms with Gasteiger partial charge >= 0.3 is 6.18 Å². The quantitative estimate of drug-likeness (QED) is 0.408. The summed E-state index contributed by atoms with van der Waals surface area (Å²) >= 11 is 0. The highest BCUT2D eigenvalue weighted by atomic mass is 32.2. The van der Waals surface area contributed by atoms with E-state index in [2.05, 4.69) is 10.0 Å². The molecule has 2 N–H and O–H groups in total. The Balaban J connectivity index is 1.96. The van der Waals surface area contributed by atoms with Crippen molar-refractivity contribution in [1.29, 1.82) is 0 Å². The summed E-state index contributed by atoms with van der Waals surface area (Å²) < 4.78 is 66.2. The lowest BCUT2D eigenvalue weighted by molar-refractivity contribution is -0.384. The van der Waals surface area contributed by atoms with Crippen LogP contribution in [0.4, 0.5) is 24.5 Å². The standard InChI is InChI=1S/C15H21F3N4O4S/c1-11-3-2-8-21(10-11)27(25,26)20-7-6-19-13-5-4-12(15(16,17)18)9-14(13)22(23)24/h4-5,9,11,19-20H,2-3,6-8,10H2,1H3/t11-/m0/s1. The molecular weight excluding hydrogens is 389 g/mol. The van der Waals surface area contributed by atoms with Crippen LogP contribution in [0.3, 0.4) is 0 Å². The van der Waals surface area contributed by atoms with Crippen molar-refractivity contribution in [2.45, 2.75) is 25.9 Å². The smallest absolute Gasteiger partial charge is 0.378 e. The first kappa shape index (κ1) is 21.4. The van der Waals surface area contributed by atoms with E-state index in [0.717, 1.165) is 25.0 Å². The van der Waals surface area contributed by atoms with Crippen molar-refractivity contribution in [3.63, 3.8) is 0 Å². The van der Waals surface area contributed by atoms with Crippen LogP contribution in [0.2, 0.25) is 0 Å². The van der Waals surface area contributed by atoms with E-state index in [1.807, 2.05) is 6.92 Å². The largest absolute Gasteiger partial charge is 0.416 e. The van der Waals surface area contributed by atoms with E-state index in [1.54, 1.807) is 0 Å². The molecule has 8 nitrogen and oxygen atoms in total. The second kappa shape index (κ2) is 8.40. The van der Waals surface area contributed by atoms with Gasteiger partial charge in [-0.1, -0.05) is 6.92 Å². The van der Waals surface area contributed by atoms with Crippen LogP contribution in [-0.4, -0.2) is 43.8 Å². The number of hydrogen-bond acceptors (Lipinski definition) is 5. The Labute approximate surface area is 155 Å². The van der Waals surface area contributed by atoms with Gasteiger partial charge in [-0.15, -0.1) is 0 Å². The monoisotopic (exact) mass is 410 g/mol. The van der Waals surface area contributed by atoms with E-state index in [1.165, 1.54) is 4.31 Å². The zero-order chi connectivity index (χ0) is 20.2. The van der Waals surface area contributed by atoms with Gasteiger partial charge in [-0.3, -0.25) is 10.1 Å². The third-order valence-electron chi connectivity index (χ3n) is 4.21. The van der Waals surface area contributed by atoms with E-state index in [0.29, 0.717) is 19.2 Å².